The highest BCUT2D eigenvalue weighted by Crippen LogP contribution is 2.38. The molecule has 0 amide bonds. The number of hydrogen-bond donors (Lipinski definition) is 2. The molecule has 0 saturated carbocycles. The van der Waals surface area contributed by atoms with Gasteiger partial charge in [0.25, 0.3) is 0 Å². The van der Waals surface area contributed by atoms with Crippen molar-refractivity contribution in [2.75, 3.05) is 13.2 Å². The molecule has 6 nitrogen and oxygen atoms in total. The van der Waals surface area contributed by atoms with Gasteiger partial charge in [-0.2, -0.15) is 0 Å². The minimum atomic E-state index is -1.08. The van der Waals surface area contributed by atoms with Crippen LogP contribution in [0.15, 0.2) is 60.7 Å². The van der Waals surface area contributed by atoms with Gasteiger partial charge in [-0.05, 0) is 0 Å². The van der Waals surface area contributed by atoms with Gasteiger partial charge in [-0.1, -0.05) is 60.7 Å². The molecule has 0 aliphatic carbocycles. The van der Waals surface area contributed by atoms with Crippen LogP contribution < -0.4 is 0 Å². The van der Waals surface area contributed by atoms with Gasteiger partial charge in [0.1, 0.15) is 24.4 Å². The van der Waals surface area contributed by atoms with Crippen molar-refractivity contribution in [3.05, 3.63) is 71.8 Å². The van der Waals surface area contributed by atoms with Gasteiger partial charge in [-0.3, -0.25) is 0 Å². The predicted molar refractivity (Wildman–Crippen MR) is 92.0 cm³/mol. The summed E-state index contributed by atoms with van der Waals surface area (Å²) in [6, 6.07) is 19.1. The van der Waals surface area contributed by atoms with Crippen molar-refractivity contribution in [1.82, 2.24) is 0 Å². The van der Waals surface area contributed by atoms with Crippen molar-refractivity contribution in [1.29, 1.82) is 0 Å². The Hall–Kier alpha value is -1.80. The van der Waals surface area contributed by atoms with Gasteiger partial charge in [-0.15, -0.1) is 0 Å². The van der Waals surface area contributed by atoms with Crippen LogP contribution in [0.25, 0.3) is 0 Å². The third kappa shape index (κ3) is 3.53. The van der Waals surface area contributed by atoms with Crippen LogP contribution in [0.5, 0.6) is 0 Å². The lowest BCUT2D eigenvalue weighted by Gasteiger charge is -2.47. The van der Waals surface area contributed by atoms with Gasteiger partial charge in [0.2, 0.25) is 0 Å². The molecule has 0 radical (unpaired) electrons. The zero-order valence-electron chi connectivity index (χ0n) is 14.2. The normalized spacial score (nSPS) is 32.6. The summed E-state index contributed by atoms with van der Waals surface area (Å²) in [5.41, 5.74) is 1.72. The molecule has 0 spiro atoms. The first-order chi connectivity index (χ1) is 12.8. The molecule has 2 aromatic rings. The minimum Gasteiger partial charge on any atom is -0.394 e. The second-order valence-electron chi connectivity index (χ2n) is 6.44. The maximum absolute atomic E-state index is 10.3. The second-order valence-corrected chi connectivity index (χ2v) is 6.44. The number of ether oxygens (including phenoxy) is 4. The minimum absolute atomic E-state index is 0.311. The quantitative estimate of drug-likeness (QED) is 0.870. The van der Waals surface area contributed by atoms with E-state index in [0.717, 1.165) is 11.1 Å². The Balaban J connectivity index is 1.56. The lowest BCUT2D eigenvalue weighted by Crippen LogP contribution is -2.58. The fourth-order valence-corrected chi connectivity index (χ4v) is 3.33. The number of hydrogen-bond acceptors (Lipinski definition) is 6. The van der Waals surface area contributed by atoms with Crippen molar-refractivity contribution in [2.24, 2.45) is 0 Å². The number of rotatable bonds is 4. The van der Waals surface area contributed by atoms with Gasteiger partial charge in [0.15, 0.2) is 12.6 Å². The summed E-state index contributed by atoms with van der Waals surface area (Å²) < 4.78 is 23.9. The highest BCUT2D eigenvalue weighted by molar-refractivity contribution is 5.18. The maximum atomic E-state index is 10.3. The number of aliphatic hydroxyl groups is 2. The summed E-state index contributed by atoms with van der Waals surface area (Å²) >= 11 is 0. The van der Waals surface area contributed by atoms with Crippen LogP contribution in [0.1, 0.15) is 23.7 Å². The molecule has 2 heterocycles. The molecule has 0 unspecified atom stereocenters. The van der Waals surface area contributed by atoms with Gasteiger partial charge in [-0.25, -0.2) is 0 Å². The van der Waals surface area contributed by atoms with Crippen molar-refractivity contribution >= 4 is 0 Å². The fourth-order valence-electron chi connectivity index (χ4n) is 3.33. The first-order valence-electron chi connectivity index (χ1n) is 8.73. The van der Waals surface area contributed by atoms with Crippen LogP contribution in [0.4, 0.5) is 0 Å². The molecule has 0 aromatic heterocycles. The van der Waals surface area contributed by atoms with E-state index in [-0.39, 0.29) is 0 Å². The van der Waals surface area contributed by atoms with Crippen LogP contribution in [-0.2, 0) is 18.9 Å². The zero-order valence-corrected chi connectivity index (χ0v) is 14.2. The van der Waals surface area contributed by atoms with E-state index < -0.39 is 43.6 Å². The predicted octanol–water partition coefficient (Wildman–Crippen LogP) is 1.94. The Bertz CT molecular complexity index is 692. The second kappa shape index (κ2) is 7.84. The van der Waals surface area contributed by atoms with Gasteiger partial charge in [0.05, 0.1) is 13.2 Å². The van der Waals surface area contributed by atoms with E-state index in [1.807, 2.05) is 60.7 Å². The molecule has 2 aliphatic heterocycles. The molecule has 2 aromatic carbocycles. The van der Waals surface area contributed by atoms with Gasteiger partial charge < -0.3 is 29.2 Å². The Morgan fingerprint density at radius 3 is 2.08 bits per heavy atom. The molecule has 2 fully saturated rings. The van der Waals surface area contributed by atoms with E-state index >= 15 is 0 Å². The van der Waals surface area contributed by atoms with E-state index in [1.165, 1.54) is 0 Å². The molecule has 26 heavy (non-hydrogen) atoms. The first kappa shape index (κ1) is 17.6. The van der Waals surface area contributed by atoms with E-state index in [4.69, 9.17) is 18.9 Å². The molecule has 2 N–H and O–H groups in total. The third-order valence-corrected chi connectivity index (χ3v) is 4.67. The number of aliphatic hydroxyl groups excluding tert-OH is 2. The molecule has 2 saturated heterocycles. The van der Waals surface area contributed by atoms with Crippen molar-refractivity contribution in [3.8, 4) is 0 Å². The molecule has 6 heteroatoms. The third-order valence-electron chi connectivity index (χ3n) is 4.67. The SMILES string of the molecule is OC[C@@H](O)[C@@H]1O[C@H](c2ccccc2)O[C@H]2CO[C@H](c3ccccc3)O[C@@H]12. The van der Waals surface area contributed by atoms with Crippen molar-refractivity contribution in [3.63, 3.8) is 0 Å². The summed E-state index contributed by atoms with van der Waals surface area (Å²) in [6.07, 6.45) is -3.96. The van der Waals surface area contributed by atoms with Crippen LogP contribution in [0.2, 0.25) is 0 Å². The zero-order chi connectivity index (χ0) is 17.9. The summed E-state index contributed by atoms with van der Waals surface area (Å²) in [6.45, 7) is -0.110. The summed E-state index contributed by atoms with van der Waals surface area (Å²) in [5.74, 6) is 0. The van der Waals surface area contributed by atoms with Crippen LogP contribution in [0.3, 0.4) is 0 Å². The molecular weight excluding hydrogens is 336 g/mol. The Morgan fingerprint density at radius 1 is 0.846 bits per heavy atom. The Labute approximate surface area is 151 Å². The van der Waals surface area contributed by atoms with Gasteiger partial charge >= 0.3 is 0 Å². The summed E-state index contributed by atoms with van der Waals surface area (Å²) in [7, 11) is 0. The highest BCUT2D eigenvalue weighted by Gasteiger charge is 2.48. The lowest BCUT2D eigenvalue weighted by atomic mass is 9.99. The fraction of sp³-hybridized carbons (Fsp3) is 0.400. The Kier molecular flexibility index (Phi) is 5.31. The molecule has 2 aliphatic rings. The highest BCUT2D eigenvalue weighted by atomic mass is 16.8. The largest absolute Gasteiger partial charge is 0.394 e. The van der Waals surface area contributed by atoms with E-state index in [2.05, 4.69) is 0 Å². The Morgan fingerprint density at radius 2 is 1.46 bits per heavy atom. The summed E-state index contributed by atoms with van der Waals surface area (Å²) in [5, 5.41) is 19.8. The lowest BCUT2D eigenvalue weighted by molar-refractivity contribution is -0.373. The smallest absolute Gasteiger partial charge is 0.184 e. The molecule has 0 bridgehead atoms. The van der Waals surface area contributed by atoms with E-state index in [0.29, 0.717) is 6.61 Å². The number of benzene rings is 2. The average Bonchev–Trinajstić information content (AvgIpc) is 2.73. The number of fused-ring (bicyclic) bond motifs is 1. The monoisotopic (exact) mass is 358 g/mol. The molecule has 4 rings (SSSR count). The first-order valence-corrected chi connectivity index (χ1v) is 8.73. The summed E-state index contributed by atoms with van der Waals surface area (Å²) in [4.78, 5) is 0. The van der Waals surface area contributed by atoms with E-state index in [9.17, 15) is 10.2 Å². The van der Waals surface area contributed by atoms with Gasteiger partial charge in [0, 0.05) is 11.1 Å². The standard InChI is InChI=1S/C20H22O6/c21-11-15(22)17-18-16(24-20(25-17)14-9-5-2-6-10-14)12-23-19(26-18)13-7-3-1-4-8-13/h1-10,15-22H,11-12H2/t15-,16+,17+,18-,19+,20-/m1/s1. The van der Waals surface area contributed by atoms with Crippen molar-refractivity contribution in [2.45, 2.75) is 37.0 Å². The molecule has 138 valence electrons. The van der Waals surface area contributed by atoms with E-state index in [1.54, 1.807) is 0 Å². The molecule has 6 atom stereocenters. The van der Waals surface area contributed by atoms with Crippen LogP contribution in [-0.4, -0.2) is 47.8 Å². The van der Waals surface area contributed by atoms with Crippen LogP contribution >= 0.6 is 0 Å². The maximum Gasteiger partial charge on any atom is 0.184 e. The van der Waals surface area contributed by atoms with Crippen molar-refractivity contribution < 1.29 is 29.2 Å². The van der Waals surface area contributed by atoms with Crippen LogP contribution in [0, 0.1) is 0 Å². The molecular formula is C20H22O6. The average molecular weight is 358 g/mol. The topological polar surface area (TPSA) is 77.4 Å².